The topological polar surface area (TPSA) is 84.4 Å². The SMILES string of the molecule is COC(=O)c1ccc(NC2CCN(C(=O)CC(C)C)CC2)nn1. The Morgan fingerprint density at radius 1 is 1.30 bits per heavy atom. The van der Waals surface area contributed by atoms with E-state index in [9.17, 15) is 9.59 Å². The van der Waals surface area contributed by atoms with E-state index in [4.69, 9.17) is 0 Å². The van der Waals surface area contributed by atoms with Crippen molar-refractivity contribution in [2.75, 3.05) is 25.5 Å². The number of anilines is 1. The number of methoxy groups -OCH3 is 1. The zero-order valence-corrected chi connectivity index (χ0v) is 13.9. The Balaban J connectivity index is 1.82. The van der Waals surface area contributed by atoms with Gasteiger partial charge in [0.2, 0.25) is 5.91 Å². The molecule has 1 aliphatic heterocycles. The van der Waals surface area contributed by atoms with E-state index in [0.717, 1.165) is 25.9 Å². The first-order valence-electron chi connectivity index (χ1n) is 7.96. The number of hydrogen-bond donors (Lipinski definition) is 1. The van der Waals surface area contributed by atoms with Crippen LogP contribution in [0.25, 0.3) is 0 Å². The maximum atomic E-state index is 12.0. The number of carbonyl (C=O) groups is 2. The van der Waals surface area contributed by atoms with Crippen LogP contribution in [-0.4, -0.2) is 53.2 Å². The summed E-state index contributed by atoms with van der Waals surface area (Å²) in [7, 11) is 1.31. The number of esters is 1. The van der Waals surface area contributed by atoms with Gasteiger partial charge < -0.3 is 15.0 Å². The van der Waals surface area contributed by atoms with E-state index in [-0.39, 0.29) is 17.6 Å². The molecule has 2 rings (SSSR count). The van der Waals surface area contributed by atoms with E-state index in [1.807, 2.05) is 4.90 Å². The molecule has 0 saturated carbocycles. The van der Waals surface area contributed by atoms with Crippen LogP contribution in [0.2, 0.25) is 0 Å². The molecule has 1 aromatic heterocycles. The predicted molar refractivity (Wildman–Crippen MR) is 86.1 cm³/mol. The molecule has 0 atom stereocenters. The first kappa shape index (κ1) is 17.2. The van der Waals surface area contributed by atoms with Gasteiger partial charge in [0.1, 0.15) is 5.82 Å². The van der Waals surface area contributed by atoms with Gasteiger partial charge in [0.15, 0.2) is 5.69 Å². The smallest absolute Gasteiger partial charge is 0.358 e. The van der Waals surface area contributed by atoms with Crippen LogP contribution in [-0.2, 0) is 9.53 Å². The van der Waals surface area contributed by atoms with Crippen LogP contribution < -0.4 is 5.32 Å². The number of ether oxygens (including phenoxy) is 1. The third-order valence-electron chi connectivity index (χ3n) is 3.84. The molecule has 0 aromatic carbocycles. The number of aromatic nitrogens is 2. The molecule has 1 fully saturated rings. The molecule has 0 unspecified atom stereocenters. The van der Waals surface area contributed by atoms with Crippen LogP contribution in [0.5, 0.6) is 0 Å². The Morgan fingerprint density at radius 2 is 2.00 bits per heavy atom. The van der Waals surface area contributed by atoms with Gasteiger partial charge in [-0.2, -0.15) is 0 Å². The standard InChI is InChI=1S/C16H24N4O3/c1-11(2)10-15(21)20-8-6-12(7-9-20)17-14-5-4-13(18-19-14)16(22)23-3/h4-5,11-12H,6-10H2,1-3H3,(H,17,19). The lowest BCUT2D eigenvalue weighted by molar-refractivity contribution is -0.132. The van der Waals surface area contributed by atoms with Gasteiger partial charge in [0, 0.05) is 25.6 Å². The summed E-state index contributed by atoms with van der Waals surface area (Å²) in [5.41, 5.74) is 0.187. The normalized spacial score (nSPS) is 15.6. The fourth-order valence-electron chi connectivity index (χ4n) is 2.58. The maximum absolute atomic E-state index is 12.0. The zero-order chi connectivity index (χ0) is 16.8. The van der Waals surface area contributed by atoms with E-state index in [1.165, 1.54) is 7.11 Å². The van der Waals surface area contributed by atoms with Gasteiger partial charge in [-0.25, -0.2) is 4.79 Å². The average molecular weight is 320 g/mol. The summed E-state index contributed by atoms with van der Waals surface area (Å²) in [6.45, 7) is 5.64. The van der Waals surface area contributed by atoms with E-state index in [1.54, 1.807) is 12.1 Å². The second-order valence-corrected chi connectivity index (χ2v) is 6.19. The minimum Gasteiger partial charge on any atom is -0.464 e. The highest BCUT2D eigenvalue weighted by Crippen LogP contribution is 2.17. The third kappa shape index (κ3) is 4.91. The lowest BCUT2D eigenvalue weighted by atomic mass is 10.0. The minimum absolute atomic E-state index is 0.187. The van der Waals surface area contributed by atoms with E-state index >= 15 is 0 Å². The van der Waals surface area contributed by atoms with Gasteiger partial charge in [0.25, 0.3) is 0 Å². The molecule has 1 N–H and O–H groups in total. The van der Waals surface area contributed by atoms with Crippen molar-refractivity contribution in [3.05, 3.63) is 17.8 Å². The van der Waals surface area contributed by atoms with Gasteiger partial charge in [-0.05, 0) is 30.9 Å². The Hall–Kier alpha value is -2.18. The molecule has 126 valence electrons. The largest absolute Gasteiger partial charge is 0.464 e. The number of hydrogen-bond acceptors (Lipinski definition) is 6. The van der Waals surface area contributed by atoms with Crippen molar-refractivity contribution in [2.24, 2.45) is 5.92 Å². The second-order valence-electron chi connectivity index (χ2n) is 6.19. The van der Waals surface area contributed by atoms with Crippen LogP contribution >= 0.6 is 0 Å². The number of carbonyl (C=O) groups excluding carboxylic acids is 2. The molecule has 2 heterocycles. The number of amides is 1. The third-order valence-corrected chi connectivity index (χ3v) is 3.84. The summed E-state index contributed by atoms with van der Waals surface area (Å²) in [4.78, 5) is 25.3. The number of nitrogens with zero attached hydrogens (tertiary/aromatic N) is 3. The highest BCUT2D eigenvalue weighted by molar-refractivity contribution is 5.86. The van der Waals surface area contributed by atoms with E-state index < -0.39 is 5.97 Å². The highest BCUT2D eigenvalue weighted by atomic mass is 16.5. The Morgan fingerprint density at radius 3 is 2.52 bits per heavy atom. The molecule has 0 radical (unpaired) electrons. The van der Waals surface area contributed by atoms with Crippen molar-refractivity contribution in [3.8, 4) is 0 Å². The summed E-state index contributed by atoms with van der Waals surface area (Å²) in [6.07, 6.45) is 2.37. The fourth-order valence-corrected chi connectivity index (χ4v) is 2.58. The molecular weight excluding hydrogens is 296 g/mol. The summed E-state index contributed by atoms with van der Waals surface area (Å²) in [6, 6.07) is 3.56. The van der Waals surface area contributed by atoms with Gasteiger partial charge in [-0.3, -0.25) is 4.79 Å². The molecule has 1 aliphatic rings. The molecule has 0 aliphatic carbocycles. The molecule has 0 bridgehead atoms. The number of piperidine rings is 1. The first-order chi connectivity index (χ1) is 11.0. The molecule has 1 amide bonds. The predicted octanol–water partition coefficient (Wildman–Crippen LogP) is 1.71. The molecule has 0 spiro atoms. The van der Waals surface area contributed by atoms with Crippen LogP contribution in [0, 0.1) is 5.92 Å². The Kier molecular flexibility index (Phi) is 5.90. The van der Waals surface area contributed by atoms with Crippen LogP contribution in [0.15, 0.2) is 12.1 Å². The summed E-state index contributed by atoms with van der Waals surface area (Å²) >= 11 is 0. The number of rotatable bonds is 5. The molecule has 7 heteroatoms. The van der Waals surface area contributed by atoms with Gasteiger partial charge in [-0.15, -0.1) is 10.2 Å². The quantitative estimate of drug-likeness (QED) is 0.832. The number of nitrogens with one attached hydrogen (secondary N) is 1. The van der Waals surface area contributed by atoms with Crippen LogP contribution in [0.1, 0.15) is 43.6 Å². The monoisotopic (exact) mass is 320 g/mol. The van der Waals surface area contributed by atoms with Crippen molar-refractivity contribution >= 4 is 17.7 Å². The highest BCUT2D eigenvalue weighted by Gasteiger charge is 2.23. The van der Waals surface area contributed by atoms with Gasteiger partial charge in [-0.1, -0.05) is 13.8 Å². The lowest BCUT2D eigenvalue weighted by Crippen LogP contribution is -2.42. The zero-order valence-electron chi connectivity index (χ0n) is 13.9. The molecule has 1 saturated heterocycles. The lowest BCUT2D eigenvalue weighted by Gasteiger charge is -2.33. The Labute approximate surface area is 136 Å². The molecule has 7 nitrogen and oxygen atoms in total. The summed E-state index contributed by atoms with van der Waals surface area (Å²) < 4.78 is 4.59. The van der Waals surface area contributed by atoms with Crippen LogP contribution in [0.4, 0.5) is 5.82 Å². The average Bonchev–Trinajstić information content (AvgIpc) is 2.55. The molecular formula is C16H24N4O3. The van der Waals surface area contributed by atoms with Crippen molar-refractivity contribution in [3.63, 3.8) is 0 Å². The van der Waals surface area contributed by atoms with Gasteiger partial charge in [0.05, 0.1) is 7.11 Å². The van der Waals surface area contributed by atoms with Crippen molar-refractivity contribution < 1.29 is 14.3 Å². The van der Waals surface area contributed by atoms with E-state index in [2.05, 4.69) is 34.1 Å². The summed E-state index contributed by atoms with van der Waals surface area (Å²) in [5.74, 6) is 0.758. The molecule has 1 aromatic rings. The van der Waals surface area contributed by atoms with Crippen LogP contribution in [0.3, 0.4) is 0 Å². The van der Waals surface area contributed by atoms with Crippen molar-refractivity contribution in [1.29, 1.82) is 0 Å². The fraction of sp³-hybridized carbons (Fsp3) is 0.625. The first-order valence-corrected chi connectivity index (χ1v) is 7.96. The second kappa shape index (κ2) is 7.89. The van der Waals surface area contributed by atoms with Crippen molar-refractivity contribution in [2.45, 2.75) is 39.2 Å². The minimum atomic E-state index is -0.499. The van der Waals surface area contributed by atoms with Crippen molar-refractivity contribution in [1.82, 2.24) is 15.1 Å². The van der Waals surface area contributed by atoms with Gasteiger partial charge >= 0.3 is 5.97 Å². The maximum Gasteiger partial charge on any atom is 0.358 e. The Bertz CT molecular complexity index is 537. The van der Waals surface area contributed by atoms with E-state index in [0.29, 0.717) is 18.2 Å². The summed E-state index contributed by atoms with van der Waals surface area (Å²) in [5, 5.41) is 11.1. The molecule has 23 heavy (non-hydrogen) atoms. The number of likely N-dealkylation sites (tertiary alicyclic amines) is 1.